The third-order valence-corrected chi connectivity index (χ3v) is 6.81. The number of carbonyl (C=O) groups is 2. The second-order valence-electron chi connectivity index (χ2n) is 9.73. The van der Waals surface area contributed by atoms with Crippen LogP contribution < -0.4 is 9.80 Å². The molecule has 1 aliphatic rings. The summed E-state index contributed by atoms with van der Waals surface area (Å²) in [7, 11) is 5.24. The van der Waals surface area contributed by atoms with Crippen LogP contribution in [0.1, 0.15) is 36.8 Å². The Morgan fingerprint density at radius 3 is 2.32 bits per heavy atom. The summed E-state index contributed by atoms with van der Waals surface area (Å²) < 4.78 is 4.68. The van der Waals surface area contributed by atoms with Gasteiger partial charge in [-0.3, -0.25) is 9.69 Å². The minimum atomic E-state index is -0.455. The minimum Gasteiger partial charge on any atom is -0.466 e. The van der Waals surface area contributed by atoms with Crippen molar-refractivity contribution in [2.24, 2.45) is 5.92 Å². The van der Waals surface area contributed by atoms with Crippen molar-refractivity contribution in [3.8, 4) is 11.1 Å². The van der Waals surface area contributed by atoms with E-state index in [0.717, 1.165) is 28.1 Å². The largest absolute Gasteiger partial charge is 0.466 e. The number of anilines is 2. The molecule has 8 nitrogen and oxygen atoms in total. The zero-order chi connectivity index (χ0) is 27.1. The minimum absolute atomic E-state index is 0.00829. The zero-order valence-electron chi connectivity index (χ0n) is 22.1. The molecule has 38 heavy (non-hydrogen) atoms. The van der Waals surface area contributed by atoms with E-state index in [-0.39, 0.29) is 17.9 Å². The Kier molecular flexibility index (Phi) is 8.86. The van der Waals surface area contributed by atoms with Crippen LogP contribution in [0.3, 0.4) is 0 Å². The van der Waals surface area contributed by atoms with Crippen molar-refractivity contribution in [2.75, 3.05) is 31.0 Å². The molecule has 1 amide bonds. The standard InChI is InChI=1S/C30H34N4O4/c1-33(2)27-14-11-25(19-32-27)23-7-4-22(5-8-23)20-34(30(37)24-9-12-26(35)13-10-24)28-18-21(16-17-31-28)6-15-29(36)38-3/h4-8,11,14-19,24,26,35H,9-10,12-13,20H2,1-3H3/b15-6+/t24-,26-. The number of methoxy groups -OCH3 is 1. The van der Waals surface area contributed by atoms with Gasteiger partial charge in [-0.25, -0.2) is 14.8 Å². The molecule has 1 saturated carbocycles. The van der Waals surface area contributed by atoms with E-state index in [0.29, 0.717) is 38.0 Å². The van der Waals surface area contributed by atoms with Crippen molar-refractivity contribution in [1.82, 2.24) is 9.97 Å². The highest BCUT2D eigenvalue weighted by Gasteiger charge is 2.30. The van der Waals surface area contributed by atoms with Gasteiger partial charge in [-0.2, -0.15) is 0 Å². The molecule has 8 heteroatoms. The first kappa shape index (κ1) is 27.0. The van der Waals surface area contributed by atoms with Gasteiger partial charge in [0.1, 0.15) is 11.6 Å². The molecular formula is C30H34N4O4. The summed E-state index contributed by atoms with van der Waals surface area (Å²) in [6, 6.07) is 15.7. The first-order valence-corrected chi connectivity index (χ1v) is 12.8. The molecule has 0 atom stereocenters. The molecule has 0 unspecified atom stereocenters. The molecule has 1 N–H and O–H groups in total. The molecule has 198 valence electrons. The van der Waals surface area contributed by atoms with Crippen LogP contribution in [0, 0.1) is 5.92 Å². The van der Waals surface area contributed by atoms with E-state index in [1.165, 1.54) is 13.2 Å². The smallest absolute Gasteiger partial charge is 0.330 e. The number of hydrogen-bond acceptors (Lipinski definition) is 7. The molecule has 2 heterocycles. The normalized spacial score (nSPS) is 17.3. The van der Waals surface area contributed by atoms with Crippen molar-refractivity contribution in [3.05, 3.63) is 78.1 Å². The molecule has 4 rings (SSSR count). The first-order valence-electron chi connectivity index (χ1n) is 12.8. The molecule has 0 bridgehead atoms. The second kappa shape index (κ2) is 12.5. The van der Waals surface area contributed by atoms with E-state index in [1.807, 2.05) is 61.6 Å². The van der Waals surface area contributed by atoms with Crippen LogP contribution in [-0.4, -0.2) is 54.3 Å². The number of ether oxygens (including phenoxy) is 1. The van der Waals surface area contributed by atoms with Crippen LogP contribution in [0.2, 0.25) is 0 Å². The molecule has 1 fully saturated rings. The molecule has 3 aromatic rings. The Hall–Kier alpha value is -4.04. The van der Waals surface area contributed by atoms with Crippen LogP contribution in [0.5, 0.6) is 0 Å². The van der Waals surface area contributed by atoms with Crippen molar-refractivity contribution in [1.29, 1.82) is 0 Å². The monoisotopic (exact) mass is 514 g/mol. The average Bonchev–Trinajstić information content (AvgIpc) is 2.95. The summed E-state index contributed by atoms with van der Waals surface area (Å²) in [6.45, 7) is 0.354. The van der Waals surface area contributed by atoms with Crippen molar-refractivity contribution in [3.63, 3.8) is 0 Å². The highest BCUT2D eigenvalue weighted by molar-refractivity contribution is 5.94. The summed E-state index contributed by atoms with van der Waals surface area (Å²) in [5, 5.41) is 9.93. The van der Waals surface area contributed by atoms with E-state index in [2.05, 4.69) is 14.7 Å². The van der Waals surface area contributed by atoms with Crippen LogP contribution >= 0.6 is 0 Å². The van der Waals surface area contributed by atoms with Gasteiger partial charge in [0.2, 0.25) is 5.91 Å². The summed E-state index contributed by atoms with van der Waals surface area (Å²) in [6.07, 6.45) is 8.66. The molecule has 0 spiro atoms. The van der Waals surface area contributed by atoms with Crippen LogP contribution in [-0.2, 0) is 20.9 Å². The molecule has 1 aromatic carbocycles. The topological polar surface area (TPSA) is 95.9 Å². The van der Waals surface area contributed by atoms with Gasteiger partial charge in [-0.05, 0) is 72.7 Å². The molecule has 1 aliphatic carbocycles. The lowest BCUT2D eigenvalue weighted by molar-refractivity contribution is -0.134. The maximum Gasteiger partial charge on any atom is 0.330 e. The van der Waals surface area contributed by atoms with Crippen LogP contribution in [0.4, 0.5) is 11.6 Å². The lowest BCUT2D eigenvalue weighted by atomic mass is 9.86. The van der Waals surface area contributed by atoms with Crippen LogP contribution in [0.25, 0.3) is 17.2 Å². The predicted molar refractivity (Wildman–Crippen MR) is 148 cm³/mol. The number of pyridine rings is 2. The average molecular weight is 515 g/mol. The van der Waals surface area contributed by atoms with E-state index in [1.54, 1.807) is 29.3 Å². The molecular weight excluding hydrogens is 480 g/mol. The van der Waals surface area contributed by atoms with Gasteiger partial charge < -0.3 is 14.7 Å². The summed E-state index contributed by atoms with van der Waals surface area (Å²) in [5.41, 5.74) is 3.76. The van der Waals surface area contributed by atoms with E-state index in [4.69, 9.17) is 0 Å². The highest BCUT2D eigenvalue weighted by atomic mass is 16.5. The van der Waals surface area contributed by atoms with Gasteiger partial charge >= 0.3 is 5.97 Å². The molecule has 0 radical (unpaired) electrons. The highest BCUT2D eigenvalue weighted by Crippen LogP contribution is 2.29. The van der Waals surface area contributed by atoms with Gasteiger partial charge in [0, 0.05) is 44.0 Å². The number of carbonyl (C=O) groups excluding carboxylic acids is 2. The third kappa shape index (κ3) is 6.83. The molecule has 0 saturated heterocycles. The maximum absolute atomic E-state index is 13.7. The van der Waals surface area contributed by atoms with Crippen LogP contribution in [0.15, 0.2) is 67.0 Å². The van der Waals surface area contributed by atoms with Crippen molar-refractivity contribution in [2.45, 2.75) is 38.3 Å². The summed E-state index contributed by atoms with van der Waals surface area (Å²) in [4.78, 5) is 37.9. The Balaban J connectivity index is 1.58. The van der Waals surface area contributed by atoms with Gasteiger partial charge in [-0.1, -0.05) is 24.3 Å². The third-order valence-electron chi connectivity index (χ3n) is 6.81. The number of aromatic nitrogens is 2. The number of benzene rings is 1. The van der Waals surface area contributed by atoms with Gasteiger partial charge in [0.25, 0.3) is 0 Å². The number of rotatable bonds is 8. The number of amides is 1. The van der Waals surface area contributed by atoms with E-state index >= 15 is 0 Å². The van der Waals surface area contributed by atoms with Gasteiger partial charge in [0.15, 0.2) is 0 Å². The Labute approximate surface area is 223 Å². The Bertz CT molecular complexity index is 1260. The maximum atomic E-state index is 13.7. The van der Waals surface area contributed by atoms with Crippen molar-refractivity contribution >= 4 is 29.6 Å². The Morgan fingerprint density at radius 2 is 1.68 bits per heavy atom. The number of aliphatic hydroxyl groups excluding tert-OH is 1. The fourth-order valence-corrected chi connectivity index (χ4v) is 4.54. The first-order chi connectivity index (χ1) is 18.3. The molecule has 0 aliphatic heterocycles. The quantitative estimate of drug-likeness (QED) is 0.350. The lowest BCUT2D eigenvalue weighted by Crippen LogP contribution is -2.38. The second-order valence-corrected chi connectivity index (χ2v) is 9.73. The zero-order valence-corrected chi connectivity index (χ0v) is 22.1. The lowest BCUT2D eigenvalue weighted by Gasteiger charge is -2.30. The number of hydrogen-bond donors (Lipinski definition) is 1. The van der Waals surface area contributed by atoms with Crippen molar-refractivity contribution < 1.29 is 19.4 Å². The van der Waals surface area contributed by atoms with Gasteiger partial charge in [0.05, 0.1) is 19.8 Å². The van der Waals surface area contributed by atoms with E-state index < -0.39 is 5.97 Å². The number of nitrogens with zero attached hydrogens (tertiary/aromatic N) is 4. The molecule has 2 aromatic heterocycles. The fraction of sp³-hybridized carbons (Fsp3) is 0.333. The van der Waals surface area contributed by atoms with E-state index in [9.17, 15) is 14.7 Å². The fourth-order valence-electron chi connectivity index (χ4n) is 4.54. The van der Waals surface area contributed by atoms with Gasteiger partial charge in [-0.15, -0.1) is 0 Å². The number of aliphatic hydroxyl groups is 1. The summed E-state index contributed by atoms with van der Waals surface area (Å²) >= 11 is 0. The predicted octanol–water partition coefficient (Wildman–Crippen LogP) is 4.48. The Morgan fingerprint density at radius 1 is 0.974 bits per heavy atom. The SMILES string of the molecule is COC(=O)/C=C/c1ccnc(N(Cc2ccc(-c3ccc(N(C)C)nc3)cc2)C(=O)[C@H]2CC[C@H](O)CC2)c1. The summed E-state index contributed by atoms with van der Waals surface area (Å²) in [5.74, 6) is 0.774. The number of esters is 1.